The number of rotatable bonds is 6. The van der Waals surface area contributed by atoms with Gasteiger partial charge in [-0.2, -0.15) is 9.78 Å². The number of benzene rings is 2. The lowest BCUT2D eigenvalue weighted by molar-refractivity contribution is -0.138. The van der Waals surface area contributed by atoms with Crippen LogP contribution in [0.25, 0.3) is 5.69 Å². The van der Waals surface area contributed by atoms with E-state index in [-0.39, 0.29) is 28.8 Å². The number of piperazine rings is 1. The van der Waals surface area contributed by atoms with Crippen molar-refractivity contribution in [1.29, 1.82) is 0 Å². The van der Waals surface area contributed by atoms with Gasteiger partial charge in [-0.3, -0.25) is 9.59 Å². The molecule has 1 aliphatic heterocycles. The van der Waals surface area contributed by atoms with E-state index in [0.29, 0.717) is 37.6 Å². The van der Waals surface area contributed by atoms with Crippen LogP contribution in [0.15, 0.2) is 71.7 Å². The van der Waals surface area contributed by atoms with Crippen molar-refractivity contribution in [1.82, 2.24) is 14.7 Å². The summed E-state index contributed by atoms with van der Waals surface area (Å²) in [6, 6.07) is 18.6. The van der Waals surface area contributed by atoms with Crippen LogP contribution in [0.2, 0.25) is 5.02 Å². The topological polar surface area (TPSA) is 78.7 Å². The summed E-state index contributed by atoms with van der Waals surface area (Å²) in [5, 5.41) is 15.8. The van der Waals surface area contributed by atoms with Crippen LogP contribution in [0, 0.1) is 5.92 Å². The number of carbonyl (C=O) groups excluding carboxylic acids is 1. The molecule has 3 aromatic rings. The highest BCUT2D eigenvalue weighted by molar-refractivity contribution is 6.33. The molecule has 1 saturated heterocycles. The minimum absolute atomic E-state index is 0.0541. The number of carbonyl (C=O) groups is 1. The second-order valence-electron chi connectivity index (χ2n) is 9.01. The molecule has 0 bridgehead atoms. The molecular formula is C26H27ClN4O3. The third-order valence-electron chi connectivity index (χ3n) is 6.82. The minimum atomic E-state index is -1.12. The number of amides is 1. The normalized spacial score (nSPS) is 17.9. The summed E-state index contributed by atoms with van der Waals surface area (Å²) in [7, 11) is 0. The Balaban J connectivity index is 1.26. The monoisotopic (exact) mass is 478 g/mol. The Morgan fingerprint density at radius 2 is 1.62 bits per heavy atom. The first-order valence-electron chi connectivity index (χ1n) is 11.6. The predicted octanol–water partition coefficient (Wildman–Crippen LogP) is 3.22. The van der Waals surface area contributed by atoms with Gasteiger partial charge in [0.15, 0.2) is 0 Å². The summed E-state index contributed by atoms with van der Waals surface area (Å²) in [4.78, 5) is 29.7. The molecule has 5 rings (SSSR count). The molecule has 0 spiro atoms. The molecule has 2 aromatic carbocycles. The maximum atomic E-state index is 13.1. The van der Waals surface area contributed by atoms with Gasteiger partial charge in [0.25, 0.3) is 5.56 Å². The minimum Gasteiger partial charge on any atom is -0.384 e. The van der Waals surface area contributed by atoms with Gasteiger partial charge in [-0.25, -0.2) is 0 Å². The molecule has 176 valence electrons. The van der Waals surface area contributed by atoms with Crippen molar-refractivity contribution in [2.24, 2.45) is 5.92 Å². The zero-order valence-corrected chi connectivity index (χ0v) is 19.6. The Hall–Kier alpha value is -3.16. The van der Waals surface area contributed by atoms with Crippen LogP contribution >= 0.6 is 11.6 Å². The van der Waals surface area contributed by atoms with E-state index in [0.717, 1.165) is 18.4 Å². The Bertz CT molecular complexity index is 1220. The van der Waals surface area contributed by atoms with Crippen LogP contribution in [0.3, 0.4) is 0 Å². The molecule has 1 amide bonds. The Labute approximate surface area is 203 Å². The van der Waals surface area contributed by atoms with Crippen LogP contribution in [0.4, 0.5) is 5.69 Å². The molecule has 1 saturated carbocycles. The summed E-state index contributed by atoms with van der Waals surface area (Å²) in [6.07, 6.45) is 3.56. The standard InChI is InChI=1S/C26H27ClN4O3/c27-24-22(18-28-31(25(24)33)21-9-5-2-6-10-21)29-13-15-30(16-14-29)23(32)17-26(34,20-11-12-20)19-7-3-1-4-8-19/h1-10,18,20,34H,11-17H2. The highest BCUT2D eigenvalue weighted by Gasteiger charge is 2.47. The highest BCUT2D eigenvalue weighted by Crippen LogP contribution is 2.48. The van der Waals surface area contributed by atoms with E-state index in [4.69, 9.17) is 11.6 Å². The van der Waals surface area contributed by atoms with Crippen molar-refractivity contribution in [3.63, 3.8) is 0 Å². The Kier molecular flexibility index (Phi) is 6.15. The van der Waals surface area contributed by atoms with Gasteiger partial charge in [-0.1, -0.05) is 60.1 Å². The first kappa shape index (κ1) is 22.6. The van der Waals surface area contributed by atoms with Crippen molar-refractivity contribution in [2.45, 2.75) is 24.9 Å². The van der Waals surface area contributed by atoms with Crippen LogP contribution in [0.5, 0.6) is 0 Å². The number of halogens is 1. The largest absolute Gasteiger partial charge is 0.384 e. The first-order valence-corrected chi connectivity index (χ1v) is 12.0. The maximum Gasteiger partial charge on any atom is 0.292 e. The van der Waals surface area contributed by atoms with Crippen molar-refractivity contribution in [3.05, 3.63) is 87.8 Å². The van der Waals surface area contributed by atoms with E-state index in [1.165, 1.54) is 4.68 Å². The lowest BCUT2D eigenvalue weighted by atomic mass is 9.85. The molecule has 34 heavy (non-hydrogen) atoms. The van der Waals surface area contributed by atoms with Crippen molar-refractivity contribution < 1.29 is 9.90 Å². The van der Waals surface area contributed by atoms with Gasteiger partial charge in [-0.15, -0.1) is 0 Å². The highest BCUT2D eigenvalue weighted by atomic mass is 35.5. The van der Waals surface area contributed by atoms with E-state index in [2.05, 4.69) is 5.10 Å². The average molecular weight is 479 g/mol. The van der Waals surface area contributed by atoms with Crippen molar-refractivity contribution >= 4 is 23.2 Å². The van der Waals surface area contributed by atoms with Crippen molar-refractivity contribution in [2.75, 3.05) is 31.1 Å². The first-order chi connectivity index (χ1) is 16.5. The third kappa shape index (κ3) is 4.33. The fourth-order valence-electron chi connectivity index (χ4n) is 4.71. The molecule has 8 heteroatoms. The molecule has 2 aliphatic rings. The third-order valence-corrected chi connectivity index (χ3v) is 7.18. The smallest absolute Gasteiger partial charge is 0.292 e. The SMILES string of the molecule is O=C(CC(O)(c1ccccc1)C1CC1)N1CCN(c2cnn(-c3ccccc3)c(=O)c2Cl)CC1. The van der Waals surface area contributed by atoms with Gasteiger partial charge in [0.05, 0.1) is 24.0 Å². The second-order valence-corrected chi connectivity index (χ2v) is 9.38. The molecule has 1 N–H and O–H groups in total. The van der Waals surface area contributed by atoms with Gasteiger partial charge in [-0.05, 0) is 36.5 Å². The van der Waals surface area contributed by atoms with E-state index in [9.17, 15) is 14.7 Å². The number of nitrogens with zero attached hydrogens (tertiary/aromatic N) is 4. The fraction of sp³-hybridized carbons (Fsp3) is 0.346. The van der Waals surface area contributed by atoms with E-state index in [1.807, 2.05) is 53.4 Å². The molecule has 2 heterocycles. The number of anilines is 1. The molecule has 1 aliphatic carbocycles. The fourth-order valence-corrected chi connectivity index (χ4v) is 4.95. The van der Waals surface area contributed by atoms with E-state index >= 15 is 0 Å². The molecule has 0 radical (unpaired) electrons. The van der Waals surface area contributed by atoms with Gasteiger partial charge >= 0.3 is 0 Å². The average Bonchev–Trinajstić information content (AvgIpc) is 3.73. The number of hydrogen-bond acceptors (Lipinski definition) is 5. The summed E-state index contributed by atoms with van der Waals surface area (Å²) in [5.74, 6) is 0.0720. The molecule has 1 unspecified atom stereocenters. The lowest BCUT2D eigenvalue weighted by Crippen LogP contribution is -2.50. The number of aliphatic hydroxyl groups is 1. The summed E-state index contributed by atoms with van der Waals surface area (Å²) in [6.45, 7) is 2.06. The summed E-state index contributed by atoms with van der Waals surface area (Å²) in [5.41, 5.74) is 0.537. The molecule has 7 nitrogen and oxygen atoms in total. The summed E-state index contributed by atoms with van der Waals surface area (Å²) < 4.78 is 1.29. The Morgan fingerprint density at radius 3 is 2.24 bits per heavy atom. The van der Waals surface area contributed by atoms with Gasteiger partial charge < -0.3 is 14.9 Å². The lowest BCUT2D eigenvalue weighted by Gasteiger charge is -2.38. The number of aromatic nitrogens is 2. The van der Waals surface area contributed by atoms with Gasteiger partial charge in [0.1, 0.15) is 10.6 Å². The van der Waals surface area contributed by atoms with Crippen LogP contribution in [-0.2, 0) is 10.4 Å². The second kappa shape index (κ2) is 9.24. The predicted molar refractivity (Wildman–Crippen MR) is 131 cm³/mol. The van der Waals surface area contributed by atoms with E-state index in [1.54, 1.807) is 23.2 Å². The summed E-state index contributed by atoms with van der Waals surface area (Å²) >= 11 is 6.45. The molecule has 1 atom stereocenters. The molecule has 2 fully saturated rings. The number of hydrogen-bond donors (Lipinski definition) is 1. The molecule has 1 aromatic heterocycles. The quantitative estimate of drug-likeness (QED) is 0.588. The maximum absolute atomic E-state index is 13.1. The van der Waals surface area contributed by atoms with Gasteiger partial charge in [0.2, 0.25) is 5.91 Å². The Morgan fingerprint density at radius 1 is 1.00 bits per heavy atom. The van der Waals surface area contributed by atoms with E-state index < -0.39 is 5.60 Å². The molecular weight excluding hydrogens is 452 g/mol. The van der Waals surface area contributed by atoms with Crippen LogP contribution < -0.4 is 10.5 Å². The van der Waals surface area contributed by atoms with Gasteiger partial charge in [0, 0.05) is 26.2 Å². The zero-order chi connectivity index (χ0) is 23.7. The van der Waals surface area contributed by atoms with Crippen molar-refractivity contribution in [3.8, 4) is 5.69 Å². The van der Waals surface area contributed by atoms with Crippen LogP contribution in [0.1, 0.15) is 24.8 Å². The zero-order valence-electron chi connectivity index (χ0n) is 18.8. The van der Waals surface area contributed by atoms with Crippen LogP contribution in [-0.4, -0.2) is 51.9 Å². The number of para-hydroxylation sites is 1.